The van der Waals surface area contributed by atoms with Crippen LogP contribution >= 0.6 is 10.2 Å². The average Bonchev–Trinajstić information content (AvgIpc) is 1.53. The fourth-order valence-corrected chi connectivity index (χ4v) is 2.25. The minimum absolute atomic E-state index is 0.211. The molecule has 0 N–H and O–H groups in total. The number of rotatable bonds is 0. The Morgan fingerprint density at radius 2 is 1.25 bits per heavy atom. The first-order valence-electron chi connectivity index (χ1n) is 2.98. The van der Waals surface area contributed by atoms with Gasteiger partial charge in [-0.05, 0) is 0 Å². The summed E-state index contributed by atoms with van der Waals surface area (Å²) < 4.78 is 58.0. The van der Waals surface area contributed by atoms with Crippen molar-refractivity contribution in [3.63, 3.8) is 0 Å². The second-order valence-electron chi connectivity index (χ2n) is 3.45. The van der Waals surface area contributed by atoms with Crippen molar-refractivity contribution < 1.29 is 19.4 Å². The number of hydrogen-bond donors (Lipinski definition) is 0. The van der Waals surface area contributed by atoms with Crippen LogP contribution in [0.15, 0.2) is 0 Å². The average molecular weight is 224 g/mol. The Balaban J connectivity index is 5.02. The summed E-state index contributed by atoms with van der Waals surface area (Å²) in [5, 5.41) is 0.211. The highest BCUT2D eigenvalue weighted by molar-refractivity contribution is 8.49. The van der Waals surface area contributed by atoms with Gasteiger partial charge in [-0.15, -0.1) is 5.54 Å². The van der Waals surface area contributed by atoms with Gasteiger partial charge in [0, 0.05) is 0 Å². The molecule has 0 radical (unpaired) electrons. The lowest BCUT2D eigenvalue weighted by Gasteiger charge is -2.34. The van der Waals surface area contributed by atoms with Gasteiger partial charge in [-0.2, -0.15) is 0 Å². The quantitative estimate of drug-likeness (QED) is 0.330. The van der Waals surface area contributed by atoms with Crippen LogP contribution in [0, 0.1) is 10.8 Å². The monoisotopic (exact) mass is 224 g/mol. The predicted octanol–water partition coefficient (Wildman–Crippen LogP) is 4.12. The molecule has 0 atom stereocenters. The molecule has 0 nitrogen and oxygen atoms in total. The van der Waals surface area contributed by atoms with E-state index >= 15 is 0 Å². The van der Waals surface area contributed by atoms with E-state index in [1.54, 1.807) is 5.54 Å². The predicted molar refractivity (Wildman–Crippen MR) is 44.3 cm³/mol. The van der Waals surface area contributed by atoms with Crippen LogP contribution in [0.5, 0.6) is 0 Å². The summed E-state index contributed by atoms with van der Waals surface area (Å²) in [4.78, 5) is 0. The molecule has 0 aliphatic heterocycles. The van der Waals surface area contributed by atoms with Crippen molar-refractivity contribution in [2.45, 2.75) is 19.6 Å². The molecule has 0 amide bonds. The van der Waals surface area contributed by atoms with Gasteiger partial charge >= 0.3 is 10.2 Å². The summed E-state index contributed by atoms with van der Waals surface area (Å²) >= 11 is 0. The van der Waals surface area contributed by atoms with E-state index < -0.39 is 18.3 Å². The molecule has 0 fully saturated rings. The van der Waals surface area contributed by atoms with E-state index in [-0.39, 0.29) is 5.25 Å². The maximum absolute atomic E-state index is 11.6. The van der Waals surface area contributed by atoms with Crippen molar-refractivity contribution in [1.29, 1.82) is 0 Å². The summed E-state index contributed by atoms with van der Waals surface area (Å²) in [7, 11) is -11.9. The Morgan fingerprint density at radius 1 is 0.917 bits per heavy atom. The second kappa shape index (κ2) is 1.99. The third-order valence-electron chi connectivity index (χ3n) is 0.619. The largest absolute Gasteiger partial charge is 0.344 e. The van der Waals surface area contributed by atoms with Gasteiger partial charge in [0.2, 0.25) is 0 Å². The van der Waals surface area contributed by atoms with Crippen LogP contribution in [0.25, 0.3) is 0 Å². The zero-order valence-corrected chi connectivity index (χ0v) is 8.61. The van der Waals surface area contributed by atoms with Gasteiger partial charge in [0.25, 0.3) is 0 Å². The topological polar surface area (TPSA) is 0 Å². The summed E-state index contributed by atoms with van der Waals surface area (Å²) in [5.74, 6) is 0. The Hall–Kier alpha value is -0.223. The molecular weight excluding hydrogens is 215 g/mol. The number of hydrogen-bond acceptors (Lipinski definition) is 0. The molecule has 0 aliphatic carbocycles. The summed E-state index contributed by atoms with van der Waals surface area (Å²) in [6.45, 7) is 4.39. The molecule has 74 valence electrons. The van der Waals surface area contributed by atoms with Crippen molar-refractivity contribution in [1.82, 2.24) is 0 Å². The SMILES string of the molecule is C[Si](C)(C)C#CS(F)(F)(F)(F)F. The van der Waals surface area contributed by atoms with Gasteiger partial charge in [-0.3, -0.25) is 0 Å². The van der Waals surface area contributed by atoms with Gasteiger partial charge in [0.15, 0.2) is 0 Å². The van der Waals surface area contributed by atoms with Crippen molar-refractivity contribution in [2.75, 3.05) is 0 Å². The molecule has 0 spiro atoms. The van der Waals surface area contributed by atoms with Crippen LogP contribution in [0.4, 0.5) is 19.4 Å². The third-order valence-corrected chi connectivity index (χ3v) is 2.16. The second-order valence-corrected chi connectivity index (χ2v) is 10.3. The molecule has 0 bridgehead atoms. The molecule has 0 saturated carbocycles. The van der Waals surface area contributed by atoms with E-state index in [0.29, 0.717) is 0 Å². The van der Waals surface area contributed by atoms with Gasteiger partial charge in [0.1, 0.15) is 8.07 Å². The van der Waals surface area contributed by atoms with Gasteiger partial charge in [-0.25, -0.2) is 0 Å². The van der Waals surface area contributed by atoms with Crippen molar-refractivity contribution >= 4 is 18.3 Å². The van der Waals surface area contributed by atoms with Crippen LogP contribution in [0.1, 0.15) is 0 Å². The molecular formula is C5H9F5SSi. The fraction of sp³-hybridized carbons (Fsp3) is 0.600. The minimum Gasteiger partial charge on any atom is -0.111 e. The molecule has 0 unspecified atom stereocenters. The van der Waals surface area contributed by atoms with E-state index in [1.807, 2.05) is 0 Å². The zero-order chi connectivity index (χ0) is 10.3. The first kappa shape index (κ1) is 11.8. The fourth-order valence-electron chi connectivity index (χ4n) is 0.250. The lowest BCUT2D eigenvalue weighted by molar-refractivity contribution is 0.389. The summed E-state index contributed by atoms with van der Waals surface area (Å²) in [6.07, 6.45) is 0. The molecule has 0 rings (SSSR count). The minimum atomic E-state index is -9.48. The van der Waals surface area contributed by atoms with E-state index in [2.05, 4.69) is 0 Å². The van der Waals surface area contributed by atoms with Gasteiger partial charge < -0.3 is 0 Å². The van der Waals surface area contributed by atoms with Crippen molar-refractivity contribution in [3.05, 3.63) is 0 Å². The first-order chi connectivity index (χ1) is 4.68. The zero-order valence-electron chi connectivity index (χ0n) is 6.80. The normalized spacial score (nSPS) is 18.7. The van der Waals surface area contributed by atoms with Crippen LogP contribution in [-0.4, -0.2) is 8.07 Å². The molecule has 0 aromatic rings. The molecule has 0 aromatic carbocycles. The van der Waals surface area contributed by atoms with Crippen LogP contribution in [0.3, 0.4) is 0 Å². The maximum atomic E-state index is 11.6. The molecule has 12 heavy (non-hydrogen) atoms. The Kier molecular flexibility index (Phi) is 1.95. The maximum Gasteiger partial charge on any atom is 0.344 e. The third kappa shape index (κ3) is 9.78. The lowest BCUT2D eigenvalue weighted by Crippen LogP contribution is -2.17. The molecule has 0 heterocycles. The standard InChI is InChI=1S/C5H9F5SSi/c1-12(2,3)5-4-11(6,7,8,9)10/h1-3H3. The highest BCUT2D eigenvalue weighted by Gasteiger charge is 2.62. The van der Waals surface area contributed by atoms with Crippen LogP contribution < -0.4 is 0 Å². The lowest BCUT2D eigenvalue weighted by atomic mass is 11.4. The molecule has 0 saturated heterocycles. The van der Waals surface area contributed by atoms with E-state index in [4.69, 9.17) is 0 Å². The van der Waals surface area contributed by atoms with Crippen molar-refractivity contribution in [2.24, 2.45) is 0 Å². The molecule has 0 aliphatic rings. The van der Waals surface area contributed by atoms with Crippen LogP contribution in [-0.2, 0) is 0 Å². The molecule has 7 heteroatoms. The van der Waals surface area contributed by atoms with Gasteiger partial charge in [-0.1, -0.05) is 39.1 Å². The highest BCUT2D eigenvalue weighted by atomic mass is 32.5. The Morgan fingerprint density at radius 3 is 1.33 bits per heavy atom. The smallest absolute Gasteiger partial charge is 0.111 e. The number of halogens is 5. The summed E-state index contributed by atoms with van der Waals surface area (Å²) in [5.41, 5.74) is 1.61. The van der Waals surface area contributed by atoms with Crippen molar-refractivity contribution in [3.8, 4) is 10.8 Å². The van der Waals surface area contributed by atoms with Crippen LogP contribution in [0.2, 0.25) is 19.6 Å². The summed E-state index contributed by atoms with van der Waals surface area (Å²) in [6, 6.07) is 0. The van der Waals surface area contributed by atoms with E-state index in [0.717, 1.165) is 0 Å². The first-order valence-corrected chi connectivity index (χ1v) is 8.43. The Bertz CT molecular complexity index is 246. The van der Waals surface area contributed by atoms with E-state index in [1.165, 1.54) is 19.6 Å². The Labute approximate surface area is 68.9 Å². The van der Waals surface area contributed by atoms with Gasteiger partial charge in [0.05, 0.1) is 5.25 Å². The van der Waals surface area contributed by atoms with E-state index in [9.17, 15) is 19.4 Å². The highest BCUT2D eigenvalue weighted by Crippen LogP contribution is 2.97. The molecule has 0 aromatic heterocycles.